The standard InChI is InChI=1S/C36H39Cl2N5O3S/c1-47(44,45)42-17-14-35-32(26-42)36(40-43(35)16-5-15-41-18-20-46-21-19-41)30-11-13-33(37)29(23-30)10-8-27-9-12-34(38)31(22-27)25-39-24-28-6-3-2-4-7-28/h2-4,6-7,9,11-13,22-23,39H,5,14-21,24-26H2,1H3. The molecule has 1 N–H and O–H groups in total. The van der Waals surface area contributed by atoms with E-state index < -0.39 is 10.0 Å². The minimum absolute atomic E-state index is 0.294. The molecule has 1 aromatic heterocycles. The molecule has 4 aromatic rings. The molecular weight excluding hydrogens is 653 g/mol. The molecule has 2 aliphatic heterocycles. The summed E-state index contributed by atoms with van der Waals surface area (Å²) in [4.78, 5) is 2.42. The largest absolute Gasteiger partial charge is 0.379 e. The van der Waals surface area contributed by atoms with E-state index in [9.17, 15) is 8.42 Å². The lowest BCUT2D eigenvalue weighted by Crippen LogP contribution is -2.37. The number of rotatable bonds is 10. The van der Waals surface area contributed by atoms with Gasteiger partial charge in [0.15, 0.2) is 0 Å². The molecule has 0 bridgehead atoms. The maximum absolute atomic E-state index is 12.5. The maximum Gasteiger partial charge on any atom is 0.211 e. The highest BCUT2D eigenvalue weighted by Gasteiger charge is 2.30. The van der Waals surface area contributed by atoms with E-state index >= 15 is 0 Å². The number of aryl methyl sites for hydroxylation is 1. The average molecular weight is 693 g/mol. The number of aromatic nitrogens is 2. The van der Waals surface area contributed by atoms with Crippen LogP contribution in [0, 0.1) is 11.8 Å². The number of ether oxygens (including phenoxy) is 1. The van der Waals surface area contributed by atoms with E-state index in [-0.39, 0.29) is 0 Å². The highest BCUT2D eigenvalue weighted by atomic mass is 35.5. The zero-order valence-electron chi connectivity index (χ0n) is 26.5. The van der Waals surface area contributed by atoms with E-state index in [2.05, 4.69) is 38.9 Å². The predicted molar refractivity (Wildman–Crippen MR) is 188 cm³/mol. The van der Waals surface area contributed by atoms with Crippen molar-refractivity contribution >= 4 is 33.2 Å². The third kappa shape index (κ3) is 8.64. The summed E-state index contributed by atoms with van der Waals surface area (Å²) in [6.45, 7) is 7.27. The summed E-state index contributed by atoms with van der Waals surface area (Å²) in [5.74, 6) is 6.52. The van der Waals surface area contributed by atoms with Crippen LogP contribution in [0.25, 0.3) is 11.3 Å². The number of fused-ring (bicyclic) bond motifs is 1. The van der Waals surface area contributed by atoms with Crippen molar-refractivity contribution in [3.05, 3.63) is 110 Å². The Morgan fingerprint density at radius 2 is 1.70 bits per heavy atom. The number of morpholine rings is 1. The number of hydrogen-bond donors (Lipinski definition) is 1. The number of nitrogens with one attached hydrogen (secondary N) is 1. The third-order valence-corrected chi connectivity index (χ3v) is 10.6. The van der Waals surface area contributed by atoms with E-state index in [1.54, 1.807) is 0 Å². The molecule has 11 heteroatoms. The van der Waals surface area contributed by atoms with Crippen LogP contribution in [-0.4, -0.2) is 73.1 Å². The van der Waals surface area contributed by atoms with Crippen molar-refractivity contribution in [3.63, 3.8) is 0 Å². The van der Waals surface area contributed by atoms with E-state index in [1.807, 2.05) is 54.6 Å². The third-order valence-electron chi connectivity index (χ3n) is 8.63. The van der Waals surface area contributed by atoms with Gasteiger partial charge in [0.25, 0.3) is 0 Å². The lowest BCUT2D eigenvalue weighted by atomic mass is 10.0. The summed E-state index contributed by atoms with van der Waals surface area (Å²) in [5.41, 5.74) is 7.36. The fourth-order valence-electron chi connectivity index (χ4n) is 6.07. The average Bonchev–Trinajstić information content (AvgIpc) is 3.44. The number of benzene rings is 3. The molecule has 3 heterocycles. The second-order valence-electron chi connectivity index (χ2n) is 12.0. The van der Waals surface area contributed by atoms with Gasteiger partial charge in [0.2, 0.25) is 10.0 Å². The second-order valence-corrected chi connectivity index (χ2v) is 14.8. The monoisotopic (exact) mass is 691 g/mol. The Hall–Kier alpha value is -3.20. The minimum atomic E-state index is -3.35. The topological polar surface area (TPSA) is 79.7 Å². The number of halogens is 2. The van der Waals surface area contributed by atoms with Crippen molar-refractivity contribution in [2.45, 2.75) is 39.0 Å². The summed E-state index contributed by atoms with van der Waals surface area (Å²) < 4.78 is 34.1. The molecule has 246 valence electrons. The Balaban J connectivity index is 1.23. The molecule has 0 atom stereocenters. The number of sulfonamides is 1. The first-order valence-electron chi connectivity index (χ1n) is 15.9. The van der Waals surface area contributed by atoms with Gasteiger partial charge in [-0.1, -0.05) is 71.4 Å². The van der Waals surface area contributed by atoms with Crippen LogP contribution in [0.1, 0.15) is 39.9 Å². The van der Waals surface area contributed by atoms with Crippen LogP contribution in [0.2, 0.25) is 10.0 Å². The maximum atomic E-state index is 12.5. The lowest BCUT2D eigenvalue weighted by molar-refractivity contribution is 0.0368. The molecule has 0 amide bonds. The molecule has 6 rings (SSSR count). The van der Waals surface area contributed by atoms with Gasteiger partial charge in [-0.3, -0.25) is 9.58 Å². The Labute approximate surface area is 287 Å². The fourth-order valence-corrected chi connectivity index (χ4v) is 7.20. The summed E-state index contributed by atoms with van der Waals surface area (Å²) in [6, 6.07) is 21.7. The zero-order chi connectivity index (χ0) is 32.8. The van der Waals surface area contributed by atoms with E-state index in [0.29, 0.717) is 41.7 Å². The highest BCUT2D eigenvalue weighted by molar-refractivity contribution is 7.88. The first-order valence-corrected chi connectivity index (χ1v) is 18.5. The first kappa shape index (κ1) is 33.7. The highest BCUT2D eigenvalue weighted by Crippen LogP contribution is 2.33. The Morgan fingerprint density at radius 3 is 2.49 bits per heavy atom. The normalized spacial score (nSPS) is 15.6. The van der Waals surface area contributed by atoms with Crippen LogP contribution < -0.4 is 5.32 Å². The summed E-state index contributed by atoms with van der Waals surface area (Å²) in [6.07, 6.45) is 2.83. The van der Waals surface area contributed by atoms with Gasteiger partial charge in [-0.2, -0.15) is 9.40 Å². The molecule has 1 saturated heterocycles. The molecular formula is C36H39Cl2N5O3S. The predicted octanol–water partition coefficient (Wildman–Crippen LogP) is 5.59. The van der Waals surface area contributed by atoms with Gasteiger partial charge in [-0.05, 0) is 47.9 Å². The van der Waals surface area contributed by atoms with Gasteiger partial charge in [0.05, 0.1) is 30.2 Å². The molecule has 0 saturated carbocycles. The van der Waals surface area contributed by atoms with Crippen molar-refractivity contribution in [2.24, 2.45) is 0 Å². The number of nitrogens with zero attached hydrogens (tertiary/aromatic N) is 4. The first-order chi connectivity index (χ1) is 22.7. The van der Waals surface area contributed by atoms with Crippen LogP contribution in [0.5, 0.6) is 0 Å². The molecule has 0 radical (unpaired) electrons. The molecule has 3 aromatic carbocycles. The van der Waals surface area contributed by atoms with Crippen LogP contribution in [-0.2, 0) is 47.4 Å². The van der Waals surface area contributed by atoms with E-state index in [0.717, 1.165) is 86.0 Å². The number of hydrogen-bond acceptors (Lipinski definition) is 6. The second kappa shape index (κ2) is 15.3. The Kier molecular flexibility index (Phi) is 11.0. The van der Waals surface area contributed by atoms with Gasteiger partial charge >= 0.3 is 0 Å². The molecule has 47 heavy (non-hydrogen) atoms. The summed E-state index contributed by atoms with van der Waals surface area (Å²) >= 11 is 13.2. The van der Waals surface area contributed by atoms with Gasteiger partial charge in [0, 0.05) is 91.7 Å². The quantitative estimate of drug-likeness (QED) is 0.219. The molecule has 0 unspecified atom stereocenters. The summed E-state index contributed by atoms with van der Waals surface area (Å²) in [7, 11) is -3.35. The molecule has 0 spiro atoms. The van der Waals surface area contributed by atoms with E-state index in [1.165, 1.54) is 16.1 Å². The van der Waals surface area contributed by atoms with Crippen LogP contribution in [0.4, 0.5) is 0 Å². The van der Waals surface area contributed by atoms with Gasteiger partial charge in [-0.15, -0.1) is 0 Å². The molecule has 0 aliphatic carbocycles. The SMILES string of the molecule is CS(=O)(=O)N1CCc2c(c(-c3ccc(Cl)c(C#Cc4ccc(Cl)c(CNCc5ccccc5)c4)c3)nn2CCCN2CCOCC2)C1. The van der Waals surface area contributed by atoms with Crippen molar-refractivity contribution in [3.8, 4) is 23.1 Å². The van der Waals surface area contributed by atoms with Crippen LogP contribution in [0.15, 0.2) is 66.7 Å². The Bertz CT molecular complexity index is 1880. The van der Waals surface area contributed by atoms with Crippen molar-refractivity contribution < 1.29 is 13.2 Å². The molecule has 2 aliphatic rings. The van der Waals surface area contributed by atoms with Crippen molar-refractivity contribution in [2.75, 3.05) is 45.6 Å². The summed E-state index contributed by atoms with van der Waals surface area (Å²) in [5, 5.41) is 9.74. The molecule has 1 fully saturated rings. The van der Waals surface area contributed by atoms with Crippen LogP contribution >= 0.6 is 23.2 Å². The van der Waals surface area contributed by atoms with Crippen LogP contribution in [0.3, 0.4) is 0 Å². The van der Waals surface area contributed by atoms with E-state index in [4.69, 9.17) is 33.0 Å². The zero-order valence-corrected chi connectivity index (χ0v) is 28.8. The van der Waals surface area contributed by atoms with Gasteiger partial charge in [-0.25, -0.2) is 8.42 Å². The Morgan fingerprint density at radius 1 is 0.915 bits per heavy atom. The van der Waals surface area contributed by atoms with Crippen molar-refractivity contribution in [1.82, 2.24) is 24.3 Å². The minimum Gasteiger partial charge on any atom is -0.379 e. The van der Waals surface area contributed by atoms with Gasteiger partial charge < -0.3 is 10.1 Å². The molecule has 8 nitrogen and oxygen atoms in total. The lowest BCUT2D eigenvalue weighted by Gasteiger charge is -2.27. The smallest absolute Gasteiger partial charge is 0.211 e. The van der Waals surface area contributed by atoms with Gasteiger partial charge in [0.1, 0.15) is 0 Å². The fraction of sp³-hybridized carbons (Fsp3) is 0.361. The van der Waals surface area contributed by atoms with Crippen molar-refractivity contribution in [1.29, 1.82) is 0 Å².